The van der Waals surface area contributed by atoms with Crippen molar-refractivity contribution in [3.63, 3.8) is 0 Å². The zero-order chi connectivity index (χ0) is 19.4. The van der Waals surface area contributed by atoms with Crippen LogP contribution in [0.4, 0.5) is 4.79 Å². The Bertz CT molecular complexity index is 584. The van der Waals surface area contributed by atoms with Crippen LogP contribution in [-0.2, 0) is 25.7 Å². The van der Waals surface area contributed by atoms with E-state index in [9.17, 15) is 19.5 Å². The van der Waals surface area contributed by atoms with Gasteiger partial charge in [-0.25, -0.2) is 9.59 Å². The molecule has 0 aliphatic rings. The van der Waals surface area contributed by atoms with E-state index in [1.54, 1.807) is 12.1 Å². The van der Waals surface area contributed by atoms with Crippen LogP contribution in [-0.4, -0.2) is 60.9 Å². The number of ether oxygens (including phenoxy) is 2. The van der Waals surface area contributed by atoms with Crippen molar-refractivity contribution in [1.29, 1.82) is 0 Å². The largest absolute Gasteiger partial charge is 0.467 e. The van der Waals surface area contributed by atoms with E-state index in [2.05, 4.69) is 15.4 Å². The molecule has 0 heterocycles. The van der Waals surface area contributed by atoms with E-state index in [0.717, 1.165) is 5.56 Å². The number of carbonyl (C=O) groups is 3. The Balaban J connectivity index is 2.55. The van der Waals surface area contributed by atoms with Gasteiger partial charge in [0.2, 0.25) is 5.91 Å². The average molecular weight is 384 g/mol. The third kappa shape index (κ3) is 7.75. The van der Waals surface area contributed by atoms with Crippen molar-refractivity contribution in [3.8, 4) is 0 Å². The van der Waals surface area contributed by atoms with Gasteiger partial charge in [0.1, 0.15) is 18.7 Å². The lowest BCUT2D eigenvalue weighted by atomic mass is 10.2. The summed E-state index contributed by atoms with van der Waals surface area (Å²) in [6.45, 7) is -0.604. The highest BCUT2D eigenvalue weighted by atomic mass is 32.2. The van der Waals surface area contributed by atoms with Gasteiger partial charge in [-0.2, -0.15) is 11.8 Å². The number of alkyl carbamates (subject to hydrolysis) is 1. The fourth-order valence-corrected chi connectivity index (χ4v) is 2.47. The van der Waals surface area contributed by atoms with E-state index in [1.807, 2.05) is 24.5 Å². The predicted molar refractivity (Wildman–Crippen MR) is 97.6 cm³/mol. The molecule has 0 radical (unpaired) electrons. The molecule has 8 nitrogen and oxygen atoms in total. The molecule has 26 heavy (non-hydrogen) atoms. The van der Waals surface area contributed by atoms with Gasteiger partial charge in [-0.05, 0) is 24.0 Å². The molecule has 9 heteroatoms. The Morgan fingerprint density at radius 2 is 1.85 bits per heavy atom. The fourth-order valence-electron chi connectivity index (χ4n) is 2.00. The molecule has 0 saturated carbocycles. The second-order valence-electron chi connectivity index (χ2n) is 5.31. The van der Waals surface area contributed by atoms with E-state index in [-0.39, 0.29) is 6.61 Å². The first-order valence-corrected chi connectivity index (χ1v) is 9.36. The van der Waals surface area contributed by atoms with E-state index < -0.39 is 36.7 Å². The quantitative estimate of drug-likeness (QED) is 0.508. The molecule has 0 spiro atoms. The minimum Gasteiger partial charge on any atom is -0.467 e. The highest BCUT2D eigenvalue weighted by molar-refractivity contribution is 7.98. The first-order chi connectivity index (χ1) is 12.5. The Labute approximate surface area is 156 Å². The first-order valence-electron chi connectivity index (χ1n) is 7.97. The third-order valence-electron chi connectivity index (χ3n) is 3.42. The van der Waals surface area contributed by atoms with Crippen molar-refractivity contribution < 1.29 is 29.0 Å². The monoisotopic (exact) mass is 384 g/mol. The van der Waals surface area contributed by atoms with E-state index in [1.165, 1.54) is 18.9 Å². The third-order valence-corrected chi connectivity index (χ3v) is 4.06. The second-order valence-corrected chi connectivity index (χ2v) is 6.29. The number of thioether (sulfide) groups is 1. The number of hydrogen-bond donors (Lipinski definition) is 3. The zero-order valence-corrected chi connectivity index (χ0v) is 15.6. The molecule has 0 aromatic heterocycles. The summed E-state index contributed by atoms with van der Waals surface area (Å²) >= 11 is 1.52. The van der Waals surface area contributed by atoms with Crippen molar-refractivity contribution in [3.05, 3.63) is 35.9 Å². The SMILES string of the molecule is COC(=O)[C@@H](CCSC)NC(=O)[C@@H](CO)NC(=O)OCc1ccccc1. The van der Waals surface area contributed by atoms with Gasteiger partial charge in [-0.15, -0.1) is 0 Å². The molecule has 1 aromatic carbocycles. The molecule has 0 fully saturated rings. The van der Waals surface area contributed by atoms with E-state index >= 15 is 0 Å². The van der Waals surface area contributed by atoms with Crippen LogP contribution in [0.15, 0.2) is 30.3 Å². The maximum Gasteiger partial charge on any atom is 0.408 e. The number of amides is 2. The average Bonchev–Trinajstić information content (AvgIpc) is 2.67. The normalized spacial score (nSPS) is 12.6. The van der Waals surface area contributed by atoms with E-state index in [4.69, 9.17) is 4.74 Å². The van der Waals surface area contributed by atoms with Crippen LogP contribution < -0.4 is 10.6 Å². The van der Waals surface area contributed by atoms with Crippen LogP contribution in [0.1, 0.15) is 12.0 Å². The molecule has 1 aromatic rings. The highest BCUT2D eigenvalue weighted by Crippen LogP contribution is 2.04. The molecular formula is C17H24N2O6S. The molecule has 2 atom stereocenters. The summed E-state index contributed by atoms with van der Waals surface area (Å²) in [5.74, 6) is -0.646. The van der Waals surface area contributed by atoms with Gasteiger partial charge in [0.05, 0.1) is 13.7 Å². The fraction of sp³-hybridized carbons (Fsp3) is 0.471. The number of methoxy groups -OCH3 is 1. The summed E-state index contributed by atoms with van der Waals surface area (Å²) in [5.41, 5.74) is 0.787. The number of esters is 1. The summed E-state index contributed by atoms with van der Waals surface area (Å²) in [4.78, 5) is 35.8. The summed E-state index contributed by atoms with van der Waals surface area (Å²) in [6.07, 6.45) is 1.40. The number of aliphatic hydroxyl groups excluding tert-OH is 1. The second kappa shape index (κ2) is 12.2. The Morgan fingerprint density at radius 3 is 2.42 bits per heavy atom. The molecule has 0 aliphatic heterocycles. The van der Waals surface area contributed by atoms with Crippen LogP contribution >= 0.6 is 11.8 Å². The van der Waals surface area contributed by atoms with Crippen molar-refractivity contribution >= 4 is 29.7 Å². The standard InChI is InChI=1S/C17H24N2O6S/c1-24-16(22)13(8-9-26-2)18-15(21)14(10-20)19-17(23)25-11-12-6-4-3-5-7-12/h3-7,13-14,20H,8-11H2,1-2H3,(H,18,21)(H,19,23)/t13-,14-/m1/s1. The van der Waals surface area contributed by atoms with Gasteiger partial charge >= 0.3 is 12.1 Å². The Morgan fingerprint density at radius 1 is 1.15 bits per heavy atom. The number of hydrogen-bond acceptors (Lipinski definition) is 7. The van der Waals surface area contributed by atoms with Crippen LogP contribution in [0.3, 0.4) is 0 Å². The minimum absolute atomic E-state index is 0.0327. The van der Waals surface area contributed by atoms with Crippen LogP contribution in [0, 0.1) is 0 Å². The van der Waals surface area contributed by atoms with Crippen molar-refractivity contribution in [2.75, 3.05) is 25.7 Å². The number of nitrogens with one attached hydrogen (secondary N) is 2. The van der Waals surface area contributed by atoms with Crippen LogP contribution in [0.25, 0.3) is 0 Å². The van der Waals surface area contributed by atoms with Gasteiger partial charge in [-0.1, -0.05) is 30.3 Å². The summed E-state index contributed by atoms with van der Waals surface area (Å²) in [6, 6.07) is 6.94. The molecule has 0 unspecified atom stereocenters. The Hall–Kier alpha value is -2.26. The van der Waals surface area contributed by atoms with Crippen molar-refractivity contribution in [1.82, 2.24) is 10.6 Å². The van der Waals surface area contributed by atoms with Gasteiger partial charge in [0, 0.05) is 0 Å². The molecule has 1 rings (SSSR count). The summed E-state index contributed by atoms with van der Waals surface area (Å²) < 4.78 is 9.67. The maximum atomic E-state index is 12.2. The number of aliphatic hydroxyl groups is 1. The lowest BCUT2D eigenvalue weighted by Crippen LogP contribution is -2.53. The summed E-state index contributed by atoms with van der Waals surface area (Å²) in [5, 5.41) is 14.1. The van der Waals surface area contributed by atoms with Gasteiger partial charge in [0.25, 0.3) is 0 Å². The van der Waals surface area contributed by atoms with Gasteiger partial charge in [-0.3, -0.25) is 4.79 Å². The van der Waals surface area contributed by atoms with Crippen molar-refractivity contribution in [2.45, 2.75) is 25.1 Å². The molecule has 2 amide bonds. The molecule has 0 saturated heterocycles. The van der Waals surface area contributed by atoms with Crippen molar-refractivity contribution in [2.24, 2.45) is 0 Å². The molecular weight excluding hydrogens is 360 g/mol. The lowest BCUT2D eigenvalue weighted by molar-refractivity contribution is -0.145. The van der Waals surface area contributed by atoms with Gasteiger partial charge < -0.3 is 25.2 Å². The number of benzene rings is 1. The number of carbonyl (C=O) groups excluding carboxylic acids is 3. The Kier molecular flexibility index (Phi) is 10.2. The van der Waals surface area contributed by atoms with Gasteiger partial charge in [0.15, 0.2) is 0 Å². The lowest BCUT2D eigenvalue weighted by Gasteiger charge is -2.20. The highest BCUT2D eigenvalue weighted by Gasteiger charge is 2.27. The molecule has 3 N–H and O–H groups in total. The summed E-state index contributed by atoms with van der Waals surface area (Å²) in [7, 11) is 1.23. The molecule has 0 bridgehead atoms. The van der Waals surface area contributed by atoms with Crippen LogP contribution in [0.5, 0.6) is 0 Å². The number of rotatable bonds is 10. The predicted octanol–water partition coefficient (Wildman–Crippen LogP) is 0.685. The maximum absolute atomic E-state index is 12.2. The van der Waals surface area contributed by atoms with E-state index in [0.29, 0.717) is 12.2 Å². The topological polar surface area (TPSA) is 114 Å². The molecule has 144 valence electrons. The smallest absolute Gasteiger partial charge is 0.408 e. The first kappa shape index (κ1) is 21.8. The zero-order valence-electron chi connectivity index (χ0n) is 14.8. The molecule has 0 aliphatic carbocycles. The van der Waals surface area contributed by atoms with Crippen LogP contribution in [0.2, 0.25) is 0 Å². The minimum atomic E-state index is -1.24.